The van der Waals surface area contributed by atoms with E-state index in [9.17, 15) is 29.4 Å². The molecular formula is C35H46O12. The first-order valence-electron chi connectivity index (χ1n) is 16.4. The third-order valence-electron chi connectivity index (χ3n) is 12.2. The number of furan rings is 1. The molecule has 0 amide bonds. The van der Waals surface area contributed by atoms with E-state index in [1.807, 2.05) is 6.92 Å². The Morgan fingerprint density at radius 3 is 2.17 bits per heavy atom. The van der Waals surface area contributed by atoms with Crippen molar-refractivity contribution in [3.8, 4) is 0 Å². The van der Waals surface area contributed by atoms with Crippen LogP contribution in [0.5, 0.6) is 0 Å². The summed E-state index contributed by atoms with van der Waals surface area (Å²) in [5.74, 6) is -7.85. The second-order valence-electron chi connectivity index (χ2n) is 15.7. The maximum atomic E-state index is 13.6. The van der Waals surface area contributed by atoms with Crippen LogP contribution in [0.2, 0.25) is 0 Å². The van der Waals surface area contributed by atoms with Gasteiger partial charge in [-0.2, -0.15) is 0 Å². The van der Waals surface area contributed by atoms with Crippen LogP contribution in [0.1, 0.15) is 86.3 Å². The van der Waals surface area contributed by atoms with Crippen molar-refractivity contribution >= 4 is 23.9 Å². The van der Waals surface area contributed by atoms with Crippen LogP contribution < -0.4 is 0 Å². The fourth-order valence-corrected chi connectivity index (χ4v) is 10.1. The van der Waals surface area contributed by atoms with Crippen molar-refractivity contribution < 1.29 is 57.5 Å². The summed E-state index contributed by atoms with van der Waals surface area (Å²) in [6.07, 6.45) is 0.913. The number of carbonyl (C=O) groups is 4. The second kappa shape index (κ2) is 10.4. The van der Waals surface area contributed by atoms with E-state index < -0.39 is 99.1 Å². The van der Waals surface area contributed by atoms with Gasteiger partial charge in [0.15, 0.2) is 11.7 Å². The number of fused-ring (bicyclic) bond motifs is 2. The highest BCUT2D eigenvalue weighted by Crippen LogP contribution is 2.82. The zero-order valence-corrected chi connectivity index (χ0v) is 28.4. The molecule has 3 aliphatic heterocycles. The Hall–Kier alpha value is -3.22. The third kappa shape index (κ3) is 3.98. The fourth-order valence-electron chi connectivity index (χ4n) is 10.1. The molecular weight excluding hydrogens is 612 g/mol. The van der Waals surface area contributed by atoms with Gasteiger partial charge in [0.25, 0.3) is 0 Å². The van der Waals surface area contributed by atoms with Crippen molar-refractivity contribution in [2.24, 2.45) is 39.9 Å². The average molecular weight is 659 g/mol. The van der Waals surface area contributed by atoms with Crippen LogP contribution in [0, 0.1) is 39.9 Å². The molecule has 1 spiro atoms. The summed E-state index contributed by atoms with van der Waals surface area (Å²) < 4.78 is 35.6. The highest BCUT2D eigenvalue weighted by atomic mass is 16.7. The molecule has 47 heavy (non-hydrogen) atoms. The summed E-state index contributed by atoms with van der Waals surface area (Å²) in [6.45, 7) is 13.7. The first kappa shape index (κ1) is 33.7. The van der Waals surface area contributed by atoms with Crippen molar-refractivity contribution in [3.05, 3.63) is 35.8 Å². The molecule has 2 saturated heterocycles. The van der Waals surface area contributed by atoms with Crippen molar-refractivity contribution in [3.63, 3.8) is 0 Å². The van der Waals surface area contributed by atoms with Gasteiger partial charge in [0, 0.05) is 40.2 Å². The largest absolute Gasteiger partial charge is 0.472 e. The molecule has 258 valence electrons. The monoisotopic (exact) mass is 658 g/mol. The first-order valence-corrected chi connectivity index (χ1v) is 16.4. The van der Waals surface area contributed by atoms with E-state index in [2.05, 4.69) is 0 Å². The van der Waals surface area contributed by atoms with E-state index in [-0.39, 0.29) is 6.42 Å². The topological polar surface area (TPSA) is 168 Å². The van der Waals surface area contributed by atoms with E-state index in [1.54, 1.807) is 54.5 Å². The number of carbonyl (C=O) groups excluding carboxylic acids is 4. The highest BCUT2D eigenvalue weighted by molar-refractivity contribution is 5.86. The number of hydrogen-bond acceptors (Lipinski definition) is 12. The quantitative estimate of drug-likeness (QED) is 0.322. The molecule has 12 heteroatoms. The van der Waals surface area contributed by atoms with Crippen LogP contribution in [0.3, 0.4) is 0 Å². The van der Waals surface area contributed by atoms with Crippen LogP contribution in [0.4, 0.5) is 0 Å². The van der Waals surface area contributed by atoms with E-state index >= 15 is 0 Å². The first-order chi connectivity index (χ1) is 21.8. The molecule has 2 N–H and O–H groups in total. The molecule has 6 rings (SSSR count). The van der Waals surface area contributed by atoms with Crippen LogP contribution in [-0.4, -0.2) is 70.4 Å². The van der Waals surface area contributed by atoms with Gasteiger partial charge >= 0.3 is 23.9 Å². The molecule has 4 fully saturated rings. The van der Waals surface area contributed by atoms with Crippen LogP contribution in [0.15, 0.2) is 34.7 Å². The minimum absolute atomic E-state index is 0.198. The standard InChI is InChI=1S/C35H46O12/c1-17(2)26(38)45-28-30(5,6)21(14-23(36)42-9)32(8)20-10-12-31(7)22(15-24(37)44-25(31)19-11-13-43-16-19)33(20)29(46-27(39)18(3)4)34(28,40)35(32,41)47-33/h11,13,15-18,20-21,25,28-29,40-41H,10,12,14H2,1-9H3/t20-,21-,25-,28-,29-,31+,32+,33+,34-,35+/m0/s1. The molecule has 1 aromatic heterocycles. The van der Waals surface area contributed by atoms with Gasteiger partial charge in [0.1, 0.15) is 17.8 Å². The maximum Gasteiger partial charge on any atom is 0.331 e. The summed E-state index contributed by atoms with van der Waals surface area (Å²) in [5.41, 5.74) is -6.92. The molecule has 0 unspecified atom stereocenters. The van der Waals surface area contributed by atoms with Gasteiger partial charge in [-0.15, -0.1) is 0 Å². The normalized spacial score (nSPS) is 42.7. The zero-order chi connectivity index (χ0) is 34.7. The van der Waals surface area contributed by atoms with Crippen LogP contribution in [-0.2, 0) is 42.9 Å². The number of hydrogen-bond donors (Lipinski definition) is 2. The summed E-state index contributed by atoms with van der Waals surface area (Å²) >= 11 is 0. The molecule has 0 aromatic carbocycles. The summed E-state index contributed by atoms with van der Waals surface area (Å²) in [4.78, 5) is 53.5. The summed E-state index contributed by atoms with van der Waals surface area (Å²) in [7, 11) is 1.27. The van der Waals surface area contributed by atoms with Crippen molar-refractivity contribution in [1.82, 2.24) is 0 Å². The highest BCUT2D eigenvalue weighted by Gasteiger charge is 2.96. The number of rotatable bonds is 7. The lowest BCUT2D eigenvalue weighted by Crippen LogP contribution is -2.84. The Morgan fingerprint density at radius 1 is 1.00 bits per heavy atom. The smallest absolute Gasteiger partial charge is 0.331 e. The van der Waals surface area contributed by atoms with Gasteiger partial charge < -0.3 is 38.3 Å². The number of methoxy groups -OCH3 is 1. The lowest BCUT2D eigenvalue weighted by molar-refractivity contribution is -0.386. The number of esters is 4. The predicted molar refractivity (Wildman–Crippen MR) is 162 cm³/mol. The molecule has 2 saturated carbocycles. The summed E-state index contributed by atoms with van der Waals surface area (Å²) in [6, 6.07) is 1.70. The fraction of sp³-hybridized carbons (Fsp3) is 0.714. The van der Waals surface area contributed by atoms with Crippen LogP contribution >= 0.6 is 0 Å². The van der Waals surface area contributed by atoms with Gasteiger partial charge in [-0.25, -0.2) is 4.79 Å². The molecule has 12 nitrogen and oxygen atoms in total. The minimum atomic E-state index is -2.55. The van der Waals surface area contributed by atoms with Crippen LogP contribution in [0.25, 0.3) is 0 Å². The van der Waals surface area contributed by atoms with E-state index in [1.165, 1.54) is 25.7 Å². The maximum absolute atomic E-state index is 13.6. The molecule has 10 atom stereocenters. The molecule has 2 bridgehead atoms. The van der Waals surface area contributed by atoms with Gasteiger partial charge in [-0.3, -0.25) is 14.4 Å². The van der Waals surface area contributed by atoms with E-state index in [0.717, 1.165) is 0 Å². The lowest BCUT2D eigenvalue weighted by atomic mass is 9.36. The third-order valence-corrected chi connectivity index (χ3v) is 12.2. The Labute approximate surface area is 274 Å². The zero-order valence-electron chi connectivity index (χ0n) is 28.4. The van der Waals surface area contributed by atoms with Gasteiger partial charge in [-0.1, -0.05) is 55.4 Å². The molecule has 0 radical (unpaired) electrons. The Balaban J connectivity index is 1.66. The molecule has 1 aromatic rings. The number of aliphatic hydroxyl groups is 2. The second-order valence-corrected chi connectivity index (χ2v) is 15.7. The average Bonchev–Trinajstić information content (AvgIpc) is 3.65. The predicted octanol–water partition coefficient (Wildman–Crippen LogP) is 3.78. The van der Waals surface area contributed by atoms with Crippen molar-refractivity contribution in [2.45, 2.75) is 110 Å². The van der Waals surface area contributed by atoms with E-state index in [4.69, 9.17) is 28.1 Å². The number of cyclic esters (lactones) is 1. The minimum Gasteiger partial charge on any atom is -0.472 e. The van der Waals surface area contributed by atoms with Gasteiger partial charge in [0.2, 0.25) is 5.79 Å². The van der Waals surface area contributed by atoms with Crippen molar-refractivity contribution in [1.29, 1.82) is 0 Å². The van der Waals surface area contributed by atoms with Gasteiger partial charge in [0.05, 0.1) is 31.5 Å². The molecule has 2 aliphatic carbocycles. The molecule has 5 aliphatic rings. The Morgan fingerprint density at radius 2 is 1.62 bits per heavy atom. The van der Waals surface area contributed by atoms with E-state index in [0.29, 0.717) is 24.0 Å². The SMILES string of the molecule is COC(=O)C[C@H]1C(C)(C)[C@H](OC(=O)C(C)C)[C@]2(O)[C@@H](OC(=O)C(C)C)[C@@]34O[C@]2(O)[C@]1(C)[C@@H]3CC[C@]1(C)C4=CC(=O)O[C@H]1c1ccoc1. The van der Waals surface area contributed by atoms with Crippen molar-refractivity contribution in [2.75, 3.05) is 7.11 Å². The summed E-state index contributed by atoms with van der Waals surface area (Å²) in [5, 5.41) is 26.4. The lowest BCUT2D eigenvalue weighted by Gasteiger charge is -2.69. The Bertz CT molecular complexity index is 1530. The number of ether oxygens (including phenoxy) is 5. The van der Waals surface area contributed by atoms with Gasteiger partial charge in [-0.05, 0) is 30.4 Å². The molecule has 4 heterocycles. The Kier molecular flexibility index (Phi) is 7.44.